The highest BCUT2D eigenvalue weighted by Crippen LogP contribution is 2.39. The monoisotopic (exact) mass is 425 g/mol. The molecule has 2 aromatic rings. The Kier molecular flexibility index (Phi) is 7.02. The molecule has 3 nitrogen and oxygen atoms in total. The molecule has 123 valence electrons. The maximum atomic E-state index is 5.50. The molecule has 0 N–H and O–H groups in total. The fraction of sp³-hybridized carbons (Fsp3) is 0.368. The first kappa shape index (κ1) is 17.9. The van der Waals surface area contributed by atoms with Crippen molar-refractivity contribution in [2.24, 2.45) is 0 Å². The van der Waals surface area contributed by atoms with E-state index in [2.05, 4.69) is 52.9 Å². The minimum absolute atomic E-state index is 0.640. The van der Waals surface area contributed by atoms with Crippen LogP contribution in [-0.2, 0) is 12.8 Å². The zero-order valence-corrected chi connectivity index (χ0v) is 16.0. The Balaban J connectivity index is 1.96. The lowest BCUT2D eigenvalue weighted by atomic mass is 10.0. The predicted molar refractivity (Wildman–Crippen MR) is 101 cm³/mol. The number of halogens is 1. The van der Waals surface area contributed by atoms with Crippen LogP contribution in [0, 0.1) is 9.64 Å². The van der Waals surface area contributed by atoms with Gasteiger partial charge in [0, 0.05) is 9.13 Å². The number of unbranched alkanes of at least 4 members (excludes halogenated alkanes) is 1. The van der Waals surface area contributed by atoms with Crippen molar-refractivity contribution in [1.82, 2.24) is 0 Å². The van der Waals surface area contributed by atoms with Gasteiger partial charge in [-0.3, -0.25) is 0 Å². The van der Waals surface area contributed by atoms with Gasteiger partial charge in [-0.2, -0.15) is 0 Å². The first-order chi connectivity index (χ1) is 11.2. The summed E-state index contributed by atoms with van der Waals surface area (Å²) in [5.74, 6) is 2.01. The van der Waals surface area contributed by atoms with Gasteiger partial charge in [0.15, 0.2) is 11.5 Å². The lowest BCUT2D eigenvalue weighted by Gasteiger charge is -2.15. The second-order valence-corrected chi connectivity index (χ2v) is 6.48. The van der Waals surface area contributed by atoms with Crippen molar-refractivity contribution in [3.63, 3.8) is 0 Å². The molecule has 0 atom stereocenters. The smallest absolute Gasteiger partial charge is 0.203 e. The van der Waals surface area contributed by atoms with Crippen molar-refractivity contribution < 1.29 is 14.2 Å². The van der Waals surface area contributed by atoms with Crippen molar-refractivity contribution in [1.29, 1.82) is 0 Å². The minimum Gasteiger partial charge on any atom is -0.493 e. The summed E-state index contributed by atoms with van der Waals surface area (Å²) in [6.07, 6.45) is 4.21. The van der Waals surface area contributed by atoms with Crippen LogP contribution in [0.4, 0.5) is 0 Å². The molecule has 1 radical (unpaired) electrons. The SMILES string of the molecule is COc1c[c]c(CCCCc2ccc(I)cc2)c(OC)c1OC. The van der Waals surface area contributed by atoms with Crippen LogP contribution in [0.1, 0.15) is 24.0 Å². The van der Waals surface area contributed by atoms with E-state index < -0.39 is 0 Å². The van der Waals surface area contributed by atoms with E-state index in [-0.39, 0.29) is 0 Å². The fourth-order valence-corrected chi connectivity index (χ4v) is 2.92. The standard InChI is InChI=1S/C19H22IO3/c1-21-17-13-10-15(18(22-2)19(17)23-3)7-5-4-6-14-8-11-16(20)12-9-14/h8-9,11-13H,4-7H2,1-3H3. The van der Waals surface area contributed by atoms with Crippen LogP contribution in [0.25, 0.3) is 0 Å². The average molecular weight is 425 g/mol. The number of rotatable bonds is 8. The van der Waals surface area contributed by atoms with Gasteiger partial charge in [0.25, 0.3) is 0 Å². The summed E-state index contributed by atoms with van der Waals surface area (Å²) in [5.41, 5.74) is 2.42. The summed E-state index contributed by atoms with van der Waals surface area (Å²) in [6, 6.07) is 13.8. The lowest BCUT2D eigenvalue weighted by molar-refractivity contribution is 0.322. The fourth-order valence-electron chi connectivity index (χ4n) is 2.56. The van der Waals surface area contributed by atoms with Crippen molar-refractivity contribution in [3.8, 4) is 17.2 Å². The quantitative estimate of drug-likeness (QED) is 0.454. The van der Waals surface area contributed by atoms with Gasteiger partial charge < -0.3 is 14.2 Å². The van der Waals surface area contributed by atoms with Gasteiger partial charge in [0.1, 0.15) is 0 Å². The second-order valence-electron chi connectivity index (χ2n) is 5.24. The highest BCUT2D eigenvalue weighted by Gasteiger charge is 2.15. The molecule has 2 aromatic carbocycles. The highest BCUT2D eigenvalue weighted by atomic mass is 127. The Morgan fingerprint density at radius 1 is 0.870 bits per heavy atom. The van der Waals surface area contributed by atoms with Gasteiger partial charge in [-0.25, -0.2) is 0 Å². The number of hydrogen-bond acceptors (Lipinski definition) is 3. The van der Waals surface area contributed by atoms with Crippen molar-refractivity contribution in [3.05, 3.63) is 51.1 Å². The van der Waals surface area contributed by atoms with Gasteiger partial charge >= 0.3 is 0 Å². The summed E-state index contributed by atoms with van der Waals surface area (Å²) in [6.45, 7) is 0. The Labute approximate surface area is 152 Å². The number of aryl methyl sites for hydroxylation is 2. The molecule has 0 saturated heterocycles. The van der Waals surface area contributed by atoms with Crippen molar-refractivity contribution in [2.45, 2.75) is 25.7 Å². The van der Waals surface area contributed by atoms with E-state index in [9.17, 15) is 0 Å². The van der Waals surface area contributed by atoms with Crippen LogP contribution in [0.3, 0.4) is 0 Å². The summed E-state index contributed by atoms with van der Waals surface area (Å²) in [4.78, 5) is 0. The van der Waals surface area contributed by atoms with E-state index in [1.54, 1.807) is 21.3 Å². The molecule has 0 aliphatic heterocycles. The third-order valence-corrected chi connectivity index (χ3v) is 4.48. The molecule has 23 heavy (non-hydrogen) atoms. The molecule has 4 heteroatoms. The molecule has 0 unspecified atom stereocenters. The molecule has 0 heterocycles. The predicted octanol–water partition coefficient (Wildman–Crippen LogP) is 4.68. The Morgan fingerprint density at radius 2 is 1.52 bits per heavy atom. The summed E-state index contributed by atoms with van der Waals surface area (Å²) in [7, 11) is 4.90. The normalized spacial score (nSPS) is 10.4. The first-order valence-corrected chi connectivity index (χ1v) is 8.71. The molecule has 0 aliphatic rings. The maximum Gasteiger partial charge on any atom is 0.203 e. The van der Waals surface area contributed by atoms with Crippen LogP contribution in [-0.4, -0.2) is 21.3 Å². The Morgan fingerprint density at radius 3 is 2.13 bits per heavy atom. The molecule has 0 amide bonds. The van der Waals surface area contributed by atoms with Crippen molar-refractivity contribution >= 4 is 22.6 Å². The number of methoxy groups -OCH3 is 3. The van der Waals surface area contributed by atoms with E-state index in [1.165, 1.54) is 9.13 Å². The first-order valence-electron chi connectivity index (χ1n) is 7.63. The zero-order valence-electron chi connectivity index (χ0n) is 13.8. The minimum atomic E-state index is 0.640. The summed E-state index contributed by atoms with van der Waals surface area (Å²) >= 11 is 2.33. The molecular weight excluding hydrogens is 403 g/mol. The van der Waals surface area contributed by atoms with E-state index in [0.717, 1.165) is 37.0 Å². The van der Waals surface area contributed by atoms with Gasteiger partial charge in [-0.05, 0) is 78.1 Å². The number of hydrogen-bond donors (Lipinski definition) is 0. The van der Waals surface area contributed by atoms with Crippen molar-refractivity contribution in [2.75, 3.05) is 21.3 Å². The van der Waals surface area contributed by atoms with Crippen LogP contribution >= 0.6 is 22.6 Å². The lowest BCUT2D eigenvalue weighted by Crippen LogP contribution is -1.99. The molecule has 0 spiro atoms. The summed E-state index contributed by atoms with van der Waals surface area (Å²) < 4.78 is 17.5. The second kappa shape index (κ2) is 9.01. The van der Waals surface area contributed by atoms with Gasteiger partial charge in [0.05, 0.1) is 21.3 Å². The highest BCUT2D eigenvalue weighted by molar-refractivity contribution is 14.1. The number of benzene rings is 2. The molecular formula is C19H22IO3. The third-order valence-electron chi connectivity index (χ3n) is 3.77. The topological polar surface area (TPSA) is 27.7 Å². The molecule has 0 fully saturated rings. The van der Waals surface area contributed by atoms with E-state index in [1.807, 2.05) is 6.07 Å². The zero-order chi connectivity index (χ0) is 16.7. The molecule has 0 bridgehead atoms. The van der Waals surface area contributed by atoms with Crippen LogP contribution in [0.15, 0.2) is 30.3 Å². The van der Waals surface area contributed by atoms with E-state index in [0.29, 0.717) is 11.5 Å². The van der Waals surface area contributed by atoms with E-state index in [4.69, 9.17) is 14.2 Å². The number of ether oxygens (including phenoxy) is 3. The van der Waals surface area contributed by atoms with E-state index >= 15 is 0 Å². The van der Waals surface area contributed by atoms with Crippen LogP contribution in [0.5, 0.6) is 17.2 Å². The van der Waals surface area contributed by atoms with Crippen LogP contribution in [0.2, 0.25) is 0 Å². The Bertz CT molecular complexity index is 623. The molecule has 0 aliphatic carbocycles. The van der Waals surface area contributed by atoms with Crippen LogP contribution < -0.4 is 14.2 Å². The largest absolute Gasteiger partial charge is 0.493 e. The molecule has 0 saturated carbocycles. The average Bonchev–Trinajstić information content (AvgIpc) is 2.59. The summed E-state index contributed by atoms with van der Waals surface area (Å²) in [5, 5.41) is 0. The molecule has 2 rings (SSSR count). The van der Waals surface area contributed by atoms with Gasteiger partial charge in [-0.1, -0.05) is 12.1 Å². The third kappa shape index (κ3) is 4.77. The molecule has 0 aromatic heterocycles. The Hall–Kier alpha value is -1.43. The van der Waals surface area contributed by atoms with Gasteiger partial charge in [-0.15, -0.1) is 0 Å². The maximum absolute atomic E-state index is 5.50. The van der Waals surface area contributed by atoms with Gasteiger partial charge in [0.2, 0.25) is 5.75 Å².